The van der Waals surface area contributed by atoms with Crippen LogP contribution in [-0.4, -0.2) is 67.5 Å². The molecule has 0 unspecified atom stereocenters. The van der Waals surface area contributed by atoms with Gasteiger partial charge in [-0.3, -0.25) is 9.89 Å². The summed E-state index contributed by atoms with van der Waals surface area (Å²) in [6.45, 7) is 5.26. The van der Waals surface area contributed by atoms with E-state index in [0.717, 1.165) is 67.3 Å². The molecule has 7 heteroatoms. The van der Waals surface area contributed by atoms with Crippen LogP contribution in [-0.2, 0) is 4.74 Å². The first-order valence-electron chi connectivity index (χ1n) is 8.46. The number of nitrogens with two attached hydrogens (primary N) is 1. The molecule has 1 aliphatic heterocycles. The van der Waals surface area contributed by atoms with E-state index in [1.54, 1.807) is 12.5 Å². The van der Waals surface area contributed by atoms with Gasteiger partial charge in [0, 0.05) is 50.1 Å². The third-order valence-corrected chi connectivity index (χ3v) is 4.26. The van der Waals surface area contributed by atoms with Crippen LogP contribution in [0, 0.1) is 0 Å². The van der Waals surface area contributed by atoms with Crippen LogP contribution in [0.5, 0.6) is 0 Å². The predicted molar refractivity (Wildman–Crippen MR) is 102 cm³/mol. The molecule has 3 N–H and O–H groups in total. The molecule has 0 bridgehead atoms. The maximum Gasteiger partial charge on any atom is 0.137 e. The van der Waals surface area contributed by atoms with Gasteiger partial charge >= 0.3 is 0 Å². The van der Waals surface area contributed by atoms with Crippen LogP contribution in [0.1, 0.15) is 5.56 Å². The summed E-state index contributed by atoms with van der Waals surface area (Å²) in [5, 5.41) is 4.05. The monoisotopic (exact) mass is 340 g/mol. The van der Waals surface area contributed by atoms with Crippen LogP contribution in [0.2, 0.25) is 0 Å². The lowest BCUT2D eigenvalue weighted by Crippen LogP contribution is -2.37. The fraction of sp³-hybridized carbons (Fsp3) is 0.389. The van der Waals surface area contributed by atoms with Crippen molar-refractivity contribution in [3.63, 3.8) is 0 Å². The summed E-state index contributed by atoms with van der Waals surface area (Å²) >= 11 is 0. The van der Waals surface area contributed by atoms with E-state index in [2.05, 4.69) is 25.2 Å². The third kappa shape index (κ3) is 4.32. The highest BCUT2D eigenvalue weighted by molar-refractivity contribution is 6.11. The number of anilines is 1. The van der Waals surface area contributed by atoms with Crippen molar-refractivity contribution in [1.29, 1.82) is 0 Å². The molecule has 132 valence electrons. The van der Waals surface area contributed by atoms with Gasteiger partial charge < -0.3 is 15.8 Å². The van der Waals surface area contributed by atoms with E-state index in [-0.39, 0.29) is 0 Å². The van der Waals surface area contributed by atoms with Crippen molar-refractivity contribution in [3.8, 4) is 0 Å². The molecule has 1 saturated heterocycles. The van der Waals surface area contributed by atoms with Crippen LogP contribution >= 0.6 is 0 Å². The van der Waals surface area contributed by atoms with E-state index in [9.17, 15) is 0 Å². The van der Waals surface area contributed by atoms with Crippen molar-refractivity contribution in [2.75, 3.05) is 51.8 Å². The normalized spacial score (nSPS) is 16.6. The topological polar surface area (TPSA) is 88.7 Å². The molecule has 2 heterocycles. The number of rotatable bonds is 6. The van der Waals surface area contributed by atoms with Crippen molar-refractivity contribution >= 4 is 28.5 Å². The quantitative estimate of drug-likeness (QED) is 0.772. The van der Waals surface area contributed by atoms with Gasteiger partial charge in [0.25, 0.3) is 0 Å². The number of hydrogen-bond donors (Lipinski definition) is 2. The Morgan fingerprint density at radius 3 is 2.96 bits per heavy atom. The Morgan fingerprint density at radius 2 is 2.20 bits per heavy atom. The van der Waals surface area contributed by atoms with Crippen LogP contribution in [0.3, 0.4) is 0 Å². The van der Waals surface area contributed by atoms with Crippen molar-refractivity contribution in [1.82, 2.24) is 14.9 Å². The molecule has 2 aromatic rings. The average Bonchev–Trinajstić information content (AvgIpc) is 2.68. The largest absolute Gasteiger partial charge is 0.404 e. The third-order valence-electron chi connectivity index (χ3n) is 4.26. The Kier molecular flexibility index (Phi) is 5.92. The molecule has 0 aliphatic carbocycles. The minimum Gasteiger partial charge on any atom is -0.404 e. The second kappa shape index (κ2) is 8.55. The van der Waals surface area contributed by atoms with Crippen molar-refractivity contribution < 1.29 is 4.74 Å². The molecule has 0 amide bonds. The molecular weight excluding hydrogens is 316 g/mol. The van der Waals surface area contributed by atoms with Crippen molar-refractivity contribution in [2.24, 2.45) is 10.7 Å². The van der Waals surface area contributed by atoms with E-state index in [0.29, 0.717) is 0 Å². The second-order valence-corrected chi connectivity index (χ2v) is 5.82. The summed E-state index contributed by atoms with van der Waals surface area (Å²) < 4.78 is 5.35. The van der Waals surface area contributed by atoms with Crippen molar-refractivity contribution in [2.45, 2.75) is 0 Å². The molecule has 1 aromatic carbocycles. The smallest absolute Gasteiger partial charge is 0.137 e. The van der Waals surface area contributed by atoms with Gasteiger partial charge in [0.05, 0.1) is 25.3 Å². The zero-order valence-corrected chi connectivity index (χ0v) is 14.5. The van der Waals surface area contributed by atoms with Gasteiger partial charge in [-0.2, -0.15) is 0 Å². The minimum absolute atomic E-state index is 0.746. The summed E-state index contributed by atoms with van der Waals surface area (Å²) in [4.78, 5) is 15.4. The molecule has 0 saturated carbocycles. The van der Waals surface area contributed by atoms with Gasteiger partial charge in [-0.1, -0.05) is 6.07 Å². The highest BCUT2D eigenvalue weighted by Gasteiger charge is 2.09. The number of nitrogens with one attached hydrogen (secondary N) is 1. The SMILES string of the molecule is CNc1ncnc2ccc(C(C=NCCN3CCOCC3)=CN)cc12. The highest BCUT2D eigenvalue weighted by Crippen LogP contribution is 2.23. The predicted octanol–water partition coefficient (Wildman–Crippen LogP) is 1.37. The Hall–Kier alpha value is -2.51. The number of ether oxygens (including phenoxy) is 1. The van der Waals surface area contributed by atoms with Gasteiger partial charge in [-0.05, 0) is 17.7 Å². The van der Waals surface area contributed by atoms with E-state index >= 15 is 0 Å². The molecule has 1 aliphatic rings. The lowest BCUT2D eigenvalue weighted by molar-refractivity contribution is 0.0395. The fourth-order valence-electron chi connectivity index (χ4n) is 2.84. The van der Waals surface area contributed by atoms with Crippen LogP contribution in [0.25, 0.3) is 16.5 Å². The number of benzene rings is 1. The van der Waals surface area contributed by atoms with Gasteiger partial charge in [-0.25, -0.2) is 9.97 Å². The first kappa shape index (κ1) is 17.3. The number of fused-ring (bicyclic) bond motifs is 1. The Balaban J connectivity index is 1.70. The number of aliphatic imine (C=N–C) groups is 1. The molecule has 7 nitrogen and oxygen atoms in total. The zero-order valence-electron chi connectivity index (χ0n) is 14.5. The molecule has 0 radical (unpaired) electrons. The Labute approximate surface area is 147 Å². The molecule has 25 heavy (non-hydrogen) atoms. The summed E-state index contributed by atoms with van der Waals surface area (Å²) in [6, 6.07) is 6.01. The number of hydrogen-bond acceptors (Lipinski definition) is 7. The molecule has 1 aromatic heterocycles. The standard InChI is InChI=1S/C18H24N6O/c1-20-18-16-10-14(2-3-17(16)22-13-23-18)15(11-19)12-21-4-5-24-6-8-25-9-7-24/h2-3,10-13H,4-9,19H2,1H3,(H,20,22,23). The van der Waals surface area contributed by atoms with Gasteiger partial charge in [-0.15, -0.1) is 0 Å². The van der Waals surface area contributed by atoms with Crippen LogP contribution in [0.4, 0.5) is 5.82 Å². The molecule has 1 fully saturated rings. The van der Waals surface area contributed by atoms with Gasteiger partial charge in [0.1, 0.15) is 12.1 Å². The van der Waals surface area contributed by atoms with E-state index in [4.69, 9.17) is 10.5 Å². The molecule has 0 atom stereocenters. The Bertz CT molecular complexity index is 767. The lowest BCUT2D eigenvalue weighted by atomic mass is 10.1. The number of nitrogens with zero attached hydrogens (tertiary/aromatic N) is 4. The summed E-state index contributed by atoms with van der Waals surface area (Å²) in [7, 11) is 1.85. The summed E-state index contributed by atoms with van der Waals surface area (Å²) in [5.41, 5.74) is 8.59. The molecule has 3 rings (SSSR count). The first-order chi connectivity index (χ1) is 12.3. The van der Waals surface area contributed by atoms with Crippen LogP contribution in [0.15, 0.2) is 35.7 Å². The Morgan fingerprint density at radius 1 is 1.36 bits per heavy atom. The minimum atomic E-state index is 0.746. The van der Waals surface area contributed by atoms with E-state index in [1.807, 2.05) is 31.5 Å². The molecule has 0 spiro atoms. The number of aromatic nitrogens is 2. The lowest BCUT2D eigenvalue weighted by Gasteiger charge is -2.25. The first-order valence-corrected chi connectivity index (χ1v) is 8.46. The van der Waals surface area contributed by atoms with Crippen LogP contribution < -0.4 is 11.1 Å². The number of allylic oxidation sites excluding steroid dienone is 1. The number of morpholine rings is 1. The second-order valence-electron chi connectivity index (χ2n) is 5.82. The highest BCUT2D eigenvalue weighted by atomic mass is 16.5. The van der Waals surface area contributed by atoms with E-state index in [1.165, 1.54) is 0 Å². The van der Waals surface area contributed by atoms with Gasteiger partial charge in [0.15, 0.2) is 0 Å². The summed E-state index contributed by atoms with van der Waals surface area (Å²) in [5.74, 6) is 0.799. The maximum absolute atomic E-state index is 5.82. The fourth-order valence-corrected chi connectivity index (χ4v) is 2.84. The van der Waals surface area contributed by atoms with Crippen molar-refractivity contribution in [3.05, 3.63) is 36.3 Å². The maximum atomic E-state index is 5.82. The zero-order chi connectivity index (χ0) is 17.5. The van der Waals surface area contributed by atoms with E-state index < -0.39 is 0 Å². The summed E-state index contributed by atoms with van der Waals surface area (Å²) in [6.07, 6.45) is 4.98. The van der Waals surface area contributed by atoms with Gasteiger partial charge in [0.2, 0.25) is 0 Å². The molecular formula is C18H24N6O. The average molecular weight is 340 g/mol.